The molecule has 0 aliphatic carbocycles. The van der Waals surface area contributed by atoms with Crippen molar-refractivity contribution in [2.24, 2.45) is 5.92 Å². The minimum atomic E-state index is -1.61. The first-order valence-electron chi connectivity index (χ1n) is 2.78. The summed E-state index contributed by atoms with van der Waals surface area (Å²) in [6, 6.07) is 4.34. The second-order valence-electron chi connectivity index (χ2n) is 1.78. The van der Waals surface area contributed by atoms with Crippen molar-refractivity contribution in [2.45, 2.75) is 12.5 Å². The highest BCUT2D eigenvalue weighted by atomic mass is 35.7. The molecule has 5 heteroatoms. The maximum atomic E-state index is 8.30. The molecule has 0 spiro atoms. The first-order valence-corrected chi connectivity index (χ1v) is 7.09. The molecule has 0 saturated carbocycles. The fraction of sp³-hybridized carbons (Fsp3) is 0.600. The third-order valence-electron chi connectivity index (χ3n) is 0.985. The molecule has 0 rings (SSSR count). The van der Waals surface area contributed by atoms with E-state index in [0.717, 1.165) is 0 Å². The average molecular weight is 193 g/mol. The zero-order chi connectivity index (χ0) is 7.98. The molecule has 0 saturated heterocycles. The number of rotatable bonds is 3. The van der Waals surface area contributed by atoms with Crippen LogP contribution < -0.4 is 0 Å². The summed E-state index contributed by atoms with van der Waals surface area (Å²) in [5.74, 6) is -0.535. The van der Waals surface area contributed by atoms with Gasteiger partial charge in [0, 0.05) is 0 Å². The Kier molecular flexibility index (Phi) is 5.43. The van der Waals surface area contributed by atoms with Gasteiger partial charge in [0.05, 0.1) is 12.1 Å². The van der Waals surface area contributed by atoms with E-state index < -0.39 is 13.3 Å². The summed E-state index contributed by atoms with van der Waals surface area (Å²) >= 11 is 11.0. The summed E-state index contributed by atoms with van der Waals surface area (Å²) < 4.78 is 0. The summed E-state index contributed by atoms with van der Waals surface area (Å²) in [4.78, 5) is 0. The van der Waals surface area contributed by atoms with Crippen molar-refractivity contribution in [3.8, 4) is 12.1 Å². The number of hydrogen-bond acceptors (Lipinski definition) is 2. The van der Waals surface area contributed by atoms with Crippen molar-refractivity contribution >= 4 is 29.6 Å². The fourth-order valence-electron chi connectivity index (χ4n) is 0.451. The van der Waals surface area contributed by atoms with Crippen LogP contribution in [0.1, 0.15) is 6.42 Å². The molecule has 2 nitrogen and oxygen atoms in total. The van der Waals surface area contributed by atoms with Gasteiger partial charge in [-0.25, -0.2) is 0 Å². The van der Waals surface area contributed by atoms with Gasteiger partial charge in [0.15, 0.2) is 0 Å². The lowest BCUT2D eigenvalue weighted by molar-refractivity contribution is 0.799. The number of nitrogens with zero attached hydrogens (tertiary/aromatic N) is 2. The Labute approximate surface area is 71.0 Å². The van der Waals surface area contributed by atoms with Crippen molar-refractivity contribution in [1.82, 2.24) is 0 Å². The Morgan fingerprint density at radius 2 is 1.80 bits per heavy atom. The Morgan fingerprint density at radius 3 is 2.10 bits per heavy atom. The highest BCUT2D eigenvalue weighted by Gasteiger charge is 2.08. The van der Waals surface area contributed by atoms with E-state index in [4.69, 9.17) is 32.7 Å². The summed E-state index contributed by atoms with van der Waals surface area (Å²) in [6.45, 7) is 0. The van der Waals surface area contributed by atoms with Crippen LogP contribution in [0.4, 0.5) is 0 Å². The Balaban J connectivity index is 3.51. The standard InChI is InChI=1S/C5H6Cl2N2Si/c6-10(7)2-1-5(3-8)4-9/h5,10H,1-2H2. The predicted octanol–water partition coefficient (Wildman–Crippen LogP) is 1.74. The second-order valence-corrected chi connectivity index (χ2v) is 6.97. The van der Waals surface area contributed by atoms with Crippen LogP contribution in [-0.4, -0.2) is 7.42 Å². The molecular weight excluding hydrogens is 187 g/mol. The van der Waals surface area contributed by atoms with E-state index in [2.05, 4.69) is 0 Å². The third kappa shape index (κ3) is 4.64. The van der Waals surface area contributed by atoms with Crippen molar-refractivity contribution in [1.29, 1.82) is 10.5 Å². The van der Waals surface area contributed by atoms with Gasteiger partial charge in [-0.1, -0.05) is 0 Å². The number of nitriles is 2. The maximum Gasteiger partial charge on any atom is 0.237 e. The van der Waals surface area contributed by atoms with Gasteiger partial charge in [0.1, 0.15) is 5.92 Å². The van der Waals surface area contributed by atoms with Crippen molar-refractivity contribution in [2.75, 3.05) is 0 Å². The van der Waals surface area contributed by atoms with Crippen LogP contribution in [0.5, 0.6) is 0 Å². The van der Waals surface area contributed by atoms with Crippen molar-refractivity contribution in [3.63, 3.8) is 0 Å². The monoisotopic (exact) mass is 192 g/mol. The highest BCUT2D eigenvalue weighted by Crippen LogP contribution is 2.11. The van der Waals surface area contributed by atoms with Gasteiger partial charge in [0.2, 0.25) is 7.42 Å². The average Bonchev–Trinajstić information content (AvgIpc) is 1.90. The molecular formula is C5H6Cl2N2Si. The summed E-state index contributed by atoms with van der Waals surface area (Å²) in [7, 11) is -1.61. The largest absolute Gasteiger partial charge is 0.237 e. The van der Waals surface area contributed by atoms with Crippen molar-refractivity contribution in [3.05, 3.63) is 0 Å². The van der Waals surface area contributed by atoms with Crippen LogP contribution in [-0.2, 0) is 0 Å². The summed E-state index contributed by atoms with van der Waals surface area (Å²) in [6.07, 6.45) is 0.511. The molecule has 10 heavy (non-hydrogen) atoms. The first-order chi connectivity index (χ1) is 4.70. The van der Waals surface area contributed by atoms with Gasteiger partial charge in [-0.05, 0) is 12.5 Å². The normalized spacial score (nSPS) is 9.40. The van der Waals surface area contributed by atoms with E-state index in [0.29, 0.717) is 12.5 Å². The molecule has 0 amide bonds. The van der Waals surface area contributed by atoms with E-state index in [1.165, 1.54) is 0 Å². The molecule has 0 N–H and O–H groups in total. The molecule has 0 aromatic carbocycles. The molecule has 0 bridgehead atoms. The van der Waals surface area contributed by atoms with E-state index >= 15 is 0 Å². The lowest BCUT2D eigenvalue weighted by Gasteiger charge is -1.97. The Morgan fingerprint density at radius 1 is 1.30 bits per heavy atom. The number of hydrogen-bond donors (Lipinski definition) is 0. The zero-order valence-corrected chi connectivity index (χ0v) is 7.89. The van der Waals surface area contributed by atoms with Crippen LogP contribution in [0.25, 0.3) is 0 Å². The van der Waals surface area contributed by atoms with E-state index in [1.54, 1.807) is 0 Å². The van der Waals surface area contributed by atoms with Crippen molar-refractivity contribution < 1.29 is 0 Å². The topological polar surface area (TPSA) is 47.6 Å². The molecule has 54 valence electrons. The van der Waals surface area contributed by atoms with E-state index in [-0.39, 0.29) is 0 Å². The maximum absolute atomic E-state index is 8.30. The fourth-order valence-corrected chi connectivity index (χ4v) is 1.79. The van der Waals surface area contributed by atoms with Crippen LogP contribution in [0, 0.1) is 28.6 Å². The highest BCUT2D eigenvalue weighted by molar-refractivity contribution is 7.33. The summed E-state index contributed by atoms with van der Waals surface area (Å²) in [5, 5.41) is 16.6. The van der Waals surface area contributed by atoms with Gasteiger partial charge >= 0.3 is 0 Å². The van der Waals surface area contributed by atoms with Crippen LogP contribution in [0.2, 0.25) is 6.04 Å². The second kappa shape index (κ2) is 5.55. The molecule has 0 radical (unpaired) electrons. The van der Waals surface area contributed by atoms with Gasteiger partial charge in [-0.15, -0.1) is 0 Å². The van der Waals surface area contributed by atoms with E-state index in [1.807, 2.05) is 12.1 Å². The molecule has 0 aromatic rings. The van der Waals surface area contributed by atoms with Gasteiger partial charge < -0.3 is 0 Å². The summed E-state index contributed by atoms with van der Waals surface area (Å²) in [5.41, 5.74) is 0. The molecule has 0 aromatic heterocycles. The third-order valence-corrected chi connectivity index (χ3v) is 3.06. The first kappa shape index (κ1) is 9.78. The van der Waals surface area contributed by atoms with Crippen LogP contribution in [0.3, 0.4) is 0 Å². The Hall–Kier alpha value is -0.223. The molecule has 0 heterocycles. The quantitative estimate of drug-likeness (QED) is 0.506. The molecule has 0 aliphatic heterocycles. The van der Waals surface area contributed by atoms with Crippen LogP contribution >= 0.6 is 22.2 Å². The predicted molar refractivity (Wildman–Crippen MR) is 43.0 cm³/mol. The smallest absolute Gasteiger partial charge is 0.197 e. The van der Waals surface area contributed by atoms with Gasteiger partial charge in [0.25, 0.3) is 0 Å². The SMILES string of the molecule is N#CC(C#N)CC[SiH](Cl)Cl. The van der Waals surface area contributed by atoms with Gasteiger partial charge in [-0.2, -0.15) is 32.7 Å². The number of halogens is 2. The van der Waals surface area contributed by atoms with Crippen LogP contribution in [0.15, 0.2) is 0 Å². The molecule has 0 unspecified atom stereocenters. The molecule has 0 atom stereocenters. The Bertz CT molecular complexity index is 155. The van der Waals surface area contributed by atoms with Gasteiger partial charge in [-0.3, -0.25) is 0 Å². The van der Waals surface area contributed by atoms with E-state index in [9.17, 15) is 0 Å². The minimum absolute atomic E-state index is 0.511. The lowest BCUT2D eigenvalue weighted by atomic mass is 10.1. The lowest BCUT2D eigenvalue weighted by Crippen LogP contribution is -1.98. The zero-order valence-electron chi connectivity index (χ0n) is 5.22. The molecule has 0 aliphatic rings. The molecule has 0 fully saturated rings. The minimum Gasteiger partial charge on any atom is -0.197 e.